The molecule has 3 aromatic carbocycles. The number of amides is 3. The van der Waals surface area contributed by atoms with E-state index < -0.39 is 5.97 Å². The number of rotatable bonds is 10. The third kappa shape index (κ3) is 7.93. The Bertz CT molecular complexity index is 1240. The standard InChI is InChI=1S/C32H37N3O4/c1-23(25-8-4-2-5-9-25)34-32(39)35(29-18-16-27(17-19-29)26-10-6-3-7-11-26)22-24-12-14-28(15-13-24)31(38)33-21-20-30(36)37/h2,4-5,8-9,12-19,23,26H,3,6-7,10-11,20-22H2,1H3,(H,33,38)(H,34,39)(H,36,37). The summed E-state index contributed by atoms with van der Waals surface area (Å²) >= 11 is 0. The largest absolute Gasteiger partial charge is 0.481 e. The Labute approximate surface area is 230 Å². The summed E-state index contributed by atoms with van der Waals surface area (Å²) in [5.74, 6) is -0.702. The minimum absolute atomic E-state index is 0.0698. The van der Waals surface area contributed by atoms with Gasteiger partial charge in [0.05, 0.1) is 19.0 Å². The molecule has 7 nitrogen and oxygen atoms in total. The van der Waals surface area contributed by atoms with Gasteiger partial charge in [-0.2, -0.15) is 0 Å². The number of benzene rings is 3. The minimum atomic E-state index is -0.961. The van der Waals surface area contributed by atoms with Gasteiger partial charge in [0.15, 0.2) is 0 Å². The highest BCUT2D eigenvalue weighted by Crippen LogP contribution is 2.33. The SMILES string of the molecule is CC(NC(=O)N(Cc1ccc(C(=O)NCCC(=O)O)cc1)c1ccc(C2CCCCC2)cc1)c1ccccc1. The fourth-order valence-corrected chi connectivity index (χ4v) is 5.06. The Hall–Kier alpha value is -4.13. The second-order valence-corrected chi connectivity index (χ2v) is 10.2. The molecule has 1 aliphatic carbocycles. The highest BCUT2D eigenvalue weighted by atomic mass is 16.4. The quantitative estimate of drug-likeness (QED) is 0.283. The van der Waals surface area contributed by atoms with Gasteiger partial charge >= 0.3 is 12.0 Å². The van der Waals surface area contributed by atoms with E-state index in [4.69, 9.17) is 5.11 Å². The summed E-state index contributed by atoms with van der Waals surface area (Å²) in [6.07, 6.45) is 6.15. The molecule has 39 heavy (non-hydrogen) atoms. The molecule has 1 unspecified atom stereocenters. The molecular weight excluding hydrogens is 490 g/mol. The molecule has 0 aromatic heterocycles. The van der Waals surface area contributed by atoms with E-state index in [1.165, 1.54) is 37.7 Å². The topological polar surface area (TPSA) is 98.7 Å². The second-order valence-electron chi connectivity index (χ2n) is 10.2. The molecule has 0 radical (unpaired) electrons. The fourth-order valence-electron chi connectivity index (χ4n) is 5.06. The maximum Gasteiger partial charge on any atom is 0.322 e. The van der Waals surface area contributed by atoms with Crippen LogP contribution >= 0.6 is 0 Å². The smallest absolute Gasteiger partial charge is 0.322 e. The summed E-state index contributed by atoms with van der Waals surface area (Å²) in [6, 6.07) is 24.9. The van der Waals surface area contributed by atoms with Crippen LogP contribution in [-0.4, -0.2) is 29.6 Å². The maximum atomic E-state index is 13.6. The van der Waals surface area contributed by atoms with E-state index in [0.29, 0.717) is 18.0 Å². The van der Waals surface area contributed by atoms with Gasteiger partial charge in [0.1, 0.15) is 0 Å². The van der Waals surface area contributed by atoms with Crippen LogP contribution in [0, 0.1) is 0 Å². The molecule has 0 saturated heterocycles. The normalized spacial score (nSPS) is 14.3. The third-order valence-electron chi connectivity index (χ3n) is 7.35. The Morgan fingerprint density at radius 3 is 2.21 bits per heavy atom. The average Bonchev–Trinajstić information content (AvgIpc) is 2.97. The van der Waals surface area contributed by atoms with Crippen LogP contribution in [0.15, 0.2) is 78.9 Å². The van der Waals surface area contributed by atoms with Crippen molar-refractivity contribution in [3.63, 3.8) is 0 Å². The molecule has 1 atom stereocenters. The van der Waals surface area contributed by atoms with Crippen molar-refractivity contribution in [3.8, 4) is 0 Å². The van der Waals surface area contributed by atoms with Gasteiger partial charge in [-0.05, 0) is 66.6 Å². The van der Waals surface area contributed by atoms with E-state index in [1.54, 1.807) is 17.0 Å². The summed E-state index contributed by atoms with van der Waals surface area (Å²) < 4.78 is 0. The Morgan fingerprint density at radius 2 is 1.56 bits per heavy atom. The predicted molar refractivity (Wildman–Crippen MR) is 153 cm³/mol. The van der Waals surface area contributed by atoms with E-state index in [1.807, 2.05) is 61.5 Å². The molecule has 1 aliphatic rings. The fraction of sp³-hybridized carbons (Fsp3) is 0.344. The molecule has 4 rings (SSSR count). The Balaban J connectivity index is 1.50. The van der Waals surface area contributed by atoms with Crippen LogP contribution in [0.1, 0.15) is 84.5 Å². The first-order valence-electron chi connectivity index (χ1n) is 13.7. The molecule has 3 N–H and O–H groups in total. The summed E-state index contributed by atoms with van der Waals surface area (Å²) in [5.41, 5.74) is 4.47. The van der Waals surface area contributed by atoms with Crippen LogP contribution in [0.2, 0.25) is 0 Å². The van der Waals surface area contributed by atoms with Crippen LogP contribution in [0.5, 0.6) is 0 Å². The average molecular weight is 528 g/mol. The number of anilines is 1. The zero-order valence-corrected chi connectivity index (χ0v) is 22.4. The Kier molecular flexibility index (Phi) is 9.73. The van der Waals surface area contributed by atoms with E-state index in [-0.39, 0.29) is 30.9 Å². The van der Waals surface area contributed by atoms with Crippen LogP contribution in [0.25, 0.3) is 0 Å². The lowest BCUT2D eigenvalue weighted by atomic mass is 9.84. The van der Waals surface area contributed by atoms with Crippen molar-refractivity contribution in [2.45, 2.75) is 64.0 Å². The van der Waals surface area contributed by atoms with E-state index in [0.717, 1.165) is 16.8 Å². The number of hydrogen-bond donors (Lipinski definition) is 3. The van der Waals surface area contributed by atoms with Crippen molar-refractivity contribution in [2.24, 2.45) is 0 Å². The molecule has 204 valence electrons. The van der Waals surface area contributed by atoms with Crippen molar-refractivity contribution in [1.82, 2.24) is 10.6 Å². The number of carbonyl (C=O) groups excluding carboxylic acids is 2. The monoisotopic (exact) mass is 527 g/mol. The highest BCUT2D eigenvalue weighted by Gasteiger charge is 2.21. The first-order chi connectivity index (χ1) is 18.9. The molecule has 0 spiro atoms. The van der Waals surface area contributed by atoms with Gasteiger partial charge in [-0.1, -0.05) is 73.9 Å². The number of nitrogens with one attached hydrogen (secondary N) is 2. The summed E-state index contributed by atoms with van der Waals surface area (Å²) in [7, 11) is 0. The second kappa shape index (κ2) is 13.6. The lowest BCUT2D eigenvalue weighted by molar-refractivity contribution is -0.136. The van der Waals surface area contributed by atoms with Crippen molar-refractivity contribution in [2.75, 3.05) is 11.4 Å². The van der Waals surface area contributed by atoms with Gasteiger partial charge in [-0.3, -0.25) is 14.5 Å². The molecule has 0 heterocycles. The van der Waals surface area contributed by atoms with Gasteiger partial charge in [0.2, 0.25) is 0 Å². The number of hydrogen-bond acceptors (Lipinski definition) is 3. The van der Waals surface area contributed by atoms with E-state index in [9.17, 15) is 14.4 Å². The first kappa shape index (κ1) is 27.9. The summed E-state index contributed by atoms with van der Waals surface area (Å²) in [6.45, 7) is 2.37. The minimum Gasteiger partial charge on any atom is -0.481 e. The van der Waals surface area contributed by atoms with Gasteiger partial charge in [-0.25, -0.2) is 4.79 Å². The molecule has 1 saturated carbocycles. The maximum absolute atomic E-state index is 13.6. The Morgan fingerprint density at radius 1 is 0.897 bits per heavy atom. The van der Waals surface area contributed by atoms with Crippen molar-refractivity contribution < 1.29 is 19.5 Å². The highest BCUT2D eigenvalue weighted by molar-refractivity contribution is 5.94. The molecule has 3 aromatic rings. The van der Waals surface area contributed by atoms with Crippen LogP contribution < -0.4 is 15.5 Å². The van der Waals surface area contributed by atoms with Gasteiger partial charge < -0.3 is 15.7 Å². The van der Waals surface area contributed by atoms with Crippen LogP contribution in [-0.2, 0) is 11.3 Å². The van der Waals surface area contributed by atoms with Crippen LogP contribution in [0.3, 0.4) is 0 Å². The number of carboxylic acid groups (broad SMARTS) is 1. The number of urea groups is 1. The summed E-state index contributed by atoms with van der Waals surface area (Å²) in [4.78, 5) is 38.3. The van der Waals surface area contributed by atoms with Crippen molar-refractivity contribution >= 4 is 23.6 Å². The molecule has 3 amide bonds. The number of carboxylic acids is 1. The van der Waals surface area contributed by atoms with E-state index in [2.05, 4.69) is 22.8 Å². The van der Waals surface area contributed by atoms with Gasteiger partial charge in [0.25, 0.3) is 5.91 Å². The molecule has 0 bridgehead atoms. The zero-order valence-electron chi connectivity index (χ0n) is 22.4. The number of carbonyl (C=O) groups is 3. The summed E-state index contributed by atoms with van der Waals surface area (Å²) in [5, 5.41) is 14.5. The third-order valence-corrected chi connectivity index (χ3v) is 7.35. The predicted octanol–water partition coefficient (Wildman–Crippen LogP) is 6.42. The lowest BCUT2D eigenvalue weighted by Gasteiger charge is -2.27. The molecule has 1 fully saturated rings. The zero-order chi connectivity index (χ0) is 27.6. The van der Waals surface area contributed by atoms with Crippen molar-refractivity contribution in [1.29, 1.82) is 0 Å². The lowest BCUT2D eigenvalue weighted by Crippen LogP contribution is -2.40. The van der Waals surface area contributed by atoms with Gasteiger partial charge in [0, 0.05) is 17.8 Å². The molecule has 7 heteroatoms. The molecule has 0 aliphatic heterocycles. The van der Waals surface area contributed by atoms with Crippen molar-refractivity contribution in [3.05, 3.63) is 101 Å². The molecular formula is C32H37N3O4. The number of aliphatic carboxylic acids is 1. The van der Waals surface area contributed by atoms with Crippen LogP contribution in [0.4, 0.5) is 10.5 Å². The number of nitrogens with zero attached hydrogens (tertiary/aromatic N) is 1. The van der Waals surface area contributed by atoms with E-state index >= 15 is 0 Å². The van der Waals surface area contributed by atoms with Gasteiger partial charge in [-0.15, -0.1) is 0 Å². The first-order valence-corrected chi connectivity index (χ1v) is 13.7.